The molecule has 4 rings (SSSR count). The normalized spacial score (nSPS) is 13.5. The monoisotopic (exact) mass is 451 g/mol. The van der Waals surface area contributed by atoms with Crippen molar-refractivity contribution in [2.75, 3.05) is 10.0 Å². The number of fused-ring (bicyclic) bond motifs is 1. The van der Waals surface area contributed by atoms with Gasteiger partial charge >= 0.3 is 0 Å². The van der Waals surface area contributed by atoms with Crippen molar-refractivity contribution in [3.05, 3.63) is 76.2 Å². The molecule has 3 aromatic rings. The lowest BCUT2D eigenvalue weighted by Crippen LogP contribution is -2.14. The zero-order valence-electron chi connectivity index (χ0n) is 16.7. The van der Waals surface area contributed by atoms with Crippen LogP contribution in [0.4, 0.5) is 10.7 Å². The molecule has 2 aromatic carbocycles. The van der Waals surface area contributed by atoms with Crippen molar-refractivity contribution in [3.8, 4) is 6.07 Å². The van der Waals surface area contributed by atoms with Gasteiger partial charge in [-0.1, -0.05) is 24.6 Å². The summed E-state index contributed by atoms with van der Waals surface area (Å²) < 4.78 is 27.4. The number of anilines is 2. The van der Waals surface area contributed by atoms with Gasteiger partial charge in [0.15, 0.2) is 0 Å². The molecule has 0 radical (unpaired) electrons. The number of hydrogen-bond donors (Lipinski definition) is 2. The second-order valence-electron chi connectivity index (χ2n) is 7.33. The van der Waals surface area contributed by atoms with Gasteiger partial charge in [-0.3, -0.25) is 9.52 Å². The number of sulfonamides is 1. The molecule has 1 aromatic heterocycles. The van der Waals surface area contributed by atoms with Crippen molar-refractivity contribution in [2.24, 2.45) is 0 Å². The predicted molar refractivity (Wildman–Crippen MR) is 122 cm³/mol. The standard InChI is InChI=1S/C23H21N3O3S2/c24-15-20-19-9-5-2-6-10-21(19)30-23(20)25-22(27)16-11-13-17(14-12-16)26-31(28,29)18-7-3-1-4-8-18/h1,3-4,7-8,11-14,26H,2,5-6,9-10H2,(H,25,27). The van der Waals surface area contributed by atoms with Gasteiger partial charge in [0, 0.05) is 16.1 Å². The number of benzene rings is 2. The lowest BCUT2D eigenvalue weighted by atomic mass is 10.1. The summed E-state index contributed by atoms with van der Waals surface area (Å²) in [4.78, 5) is 14.1. The van der Waals surface area contributed by atoms with Gasteiger partial charge in [0.1, 0.15) is 11.1 Å². The van der Waals surface area contributed by atoms with Crippen LogP contribution in [-0.4, -0.2) is 14.3 Å². The molecule has 0 unspecified atom stereocenters. The quantitative estimate of drug-likeness (QED) is 0.537. The third-order valence-electron chi connectivity index (χ3n) is 5.21. The van der Waals surface area contributed by atoms with Crippen LogP contribution in [0.1, 0.15) is 45.6 Å². The van der Waals surface area contributed by atoms with Crippen LogP contribution in [0.15, 0.2) is 59.5 Å². The van der Waals surface area contributed by atoms with Gasteiger partial charge in [-0.05, 0) is 67.6 Å². The Labute approximate surface area is 185 Å². The van der Waals surface area contributed by atoms with Crippen LogP contribution in [-0.2, 0) is 22.9 Å². The highest BCUT2D eigenvalue weighted by Gasteiger charge is 2.21. The fourth-order valence-corrected chi connectivity index (χ4v) is 5.94. The van der Waals surface area contributed by atoms with E-state index in [2.05, 4.69) is 16.1 Å². The topological polar surface area (TPSA) is 99.1 Å². The van der Waals surface area contributed by atoms with E-state index in [1.165, 1.54) is 28.3 Å². The lowest BCUT2D eigenvalue weighted by molar-refractivity contribution is 0.102. The zero-order valence-corrected chi connectivity index (χ0v) is 18.4. The zero-order chi connectivity index (χ0) is 21.8. The Bertz CT molecular complexity index is 1240. The van der Waals surface area contributed by atoms with E-state index in [0.29, 0.717) is 21.8 Å². The molecule has 158 valence electrons. The molecule has 0 fully saturated rings. The Morgan fingerprint density at radius 1 is 0.968 bits per heavy atom. The maximum Gasteiger partial charge on any atom is 0.261 e. The molecule has 1 heterocycles. The molecule has 0 spiro atoms. The van der Waals surface area contributed by atoms with Gasteiger partial charge in [-0.2, -0.15) is 5.26 Å². The Morgan fingerprint density at radius 3 is 2.39 bits per heavy atom. The Morgan fingerprint density at radius 2 is 1.68 bits per heavy atom. The Balaban J connectivity index is 1.49. The predicted octanol–water partition coefficient (Wildman–Crippen LogP) is 4.94. The number of nitrogens with one attached hydrogen (secondary N) is 2. The van der Waals surface area contributed by atoms with E-state index in [4.69, 9.17) is 0 Å². The largest absolute Gasteiger partial charge is 0.312 e. The molecule has 8 heteroatoms. The minimum atomic E-state index is -3.69. The van der Waals surface area contributed by atoms with Crippen molar-refractivity contribution >= 4 is 38.0 Å². The molecule has 0 bridgehead atoms. The van der Waals surface area contributed by atoms with Crippen LogP contribution in [0.3, 0.4) is 0 Å². The fourth-order valence-electron chi connectivity index (χ4n) is 3.63. The molecular formula is C23H21N3O3S2. The number of thiophene rings is 1. The number of nitrogens with zero attached hydrogens (tertiary/aromatic N) is 1. The number of carbonyl (C=O) groups excluding carboxylic acids is 1. The number of hydrogen-bond acceptors (Lipinski definition) is 5. The van der Waals surface area contributed by atoms with E-state index in [1.54, 1.807) is 42.5 Å². The molecule has 0 atom stereocenters. The molecule has 0 saturated heterocycles. The minimum Gasteiger partial charge on any atom is -0.312 e. The molecule has 0 saturated carbocycles. The molecule has 31 heavy (non-hydrogen) atoms. The maximum atomic E-state index is 12.7. The van der Waals surface area contributed by atoms with Gasteiger partial charge in [0.05, 0.1) is 10.5 Å². The van der Waals surface area contributed by atoms with Crippen LogP contribution in [0.25, 0.3) is 0 Å². The molecule has 2 N–H and O–H groups in total. The van der Waals surface area contributed by atoms with Crippen LogP contribution in [0.2, 0.25) is 0 Å². The number of nitriles is 1. The van der Waals surface area contributed by atoms with Crippen molar-refractivity contribution < 1.29 is 13.2 Å². The summed E-state index contributed by atoms with van der Waals surface area (Å²) in [5.74, 6) is -0.328. The summed E-state index contributed by atoms with van der Waals surface area (Å²) in [6.07, 6.45) is 5.15. The summed E-state index contributed by atoms with van der Waals surface area (Å²) in [6, 6.07) is 16.5. The third kappa shape index (κ3) is 4.63. The van der Waals surface area contributed by atoms with Crippen LogP contribution in [0, 0.1) is 11.3 Å². The third-order valence-corrected chi connectivity index (χ3v) is 7.82. The first kappa shape index (κ1) is 21.1. The summed E-state index contributed by atoms with van der Waals surface area (Å²) >= 11 is 1.49. The van der Waals surface area contributed by atoms with Crippen molar-refractivity contribution in [2.45, 2.75) is 37.0 Å². The van der Waals surface area contributed by atoms with Gasteiger partial charge < -0.3 is 5.32 Å². The highest BCUT2D eigenvalue weighted by atomic mass is 32.2. The first-order valence-electron chi connectivity index (χ1n) is 10.0. The van der Waals surface area contributed by atoms with E-state index >= 15 is 0 Å². The second-order valence-corrected chi connectivity index (χ2v) is 10.1. The Kier molecular flexibility index (Phi) is 6.07. The highest BCUT2D eigenvalue weighted by Crippen LogP contribution is 2.37. The summed E-state index contributed by atoms with van der Waals surface area (Å²) in [5, 5.41) is 13.1. The average molecular weight is 452 g/mol. The van der Waals surface area contributed by atoms with Crippen molar-refractivity contribution in [1.82, 2.24) is 0 Å². The maximum absolute atomic E-state index is 12.7. The van der Waals surface area contributed by atoms with E-state index in [-0.39, 0.29) is 10.8 Å². The second kappa shape index (κ2) is 8.92. The number of amides is 1. The first-order chi connectivity index (χ1) is 15.0. The van der Waals surface area contributed by atoms with Crippen LogP contribution >= 0.6 is 11.3 Å². The molecule has 1 amide bonds. The van der Waals surface area contributed by atoms with Crippen molar-refractivity contribution in [1.29, 1.82) is 5.26 Å². The molecule has 0 aliphatic heterocycles. The minimum absolute atomic E-state index is 0.165. The number of carbonyl (C=O) groups is 1. The van der Waals surface area contributed by atoms with Gasteiger partial charge in [0.2, 0.25) is 0 Å². The van der Waals surface area contributed by atoms with E-state index < -0.39 is 10.0 Å². The first-order valence-corrected chi connectivity index (χ1v) is 12.3. The Hall–Kier alpha value is -3.15. The average Bonchev–Trinajstić information content (AvgIpc) is 2.93. The highest BCUT2D eigenvalue weighted by molar-refractivity contribution is 7.92. The van der Waals surface area contributed by atoms with E-state index in [0.717, 1.165) is 37.7 Å². The van der Waals surface area contributed by atoms with Gasteiger partial charge in [0.25, 0.3) is 15.9 Å². The molecular weight excluding hydrogens is 430 g/mol. The van der Waals surface area contributed by atoms with Gasteiger partial charge in [-0.15, -0.1) is 11.3 Å². The van der Waals surface area contributed by atoms with E-state index in [1.807, 2.05) is 0 Å². The molecule has 1 aliphatic rings. The summed E-state index contributed by atoms with van der Waals surface area (Å²) in [6.45, 7) is 0. The number of rotatable bonds is 5. The van der Waals surface area contributed by atoms with Crippen LogP contribution in [0.5, 0.6) is 0 Å². The summed E-state index contributed by atoms with van der Waals surface area (Å²) in [5.41, 5.74) is 2.39. The molecule has 6 nitrogen and oxygen atoms in total. The van der Waals surface area contributed by atoms with E-state index in [9.17, 15) is 18.5 Å². The van der Waals surface area contributed by atoms with Gasteiger partial charge in [-0.25, -0.2) is 8.42 Å². The van der Waals surface area contributed by atoms with Crippen LogP contribution < -0.4 is 10.0 Å². The molecule has 1 aliphatic carbocycles. The SMILES string of the molecule is N#Cc1c(NC(=O)c2ccc(NS(=O)(=O)c3ccccc3)cc2)sc2c1CCCCC2. The van der Waals surface area contributed by atoms with Crippen molar-refractivity contribution in [3.63, 3.8) is 0 Å². The summed E-state index contributed by atoms with van der Waals surface area (Å²) in [7, 11) is -3.69. The number of aryl methyl sites for hydroxylation is 1. The smallest absolute Gasteiger partial charge is 0.261 e. The fraction of sp³-hybridized carbons (Fsp3) is 0.217. The lowest BCUT2D eigenvalue weighted by Gasteiger charge is -2.09.